The molecule has 1 aromatic rings. The van der Waals surface area contributed by atoms with Gasteiger partial charge in [-0.2, -0.15) is 4.91 Å². The van der Waals surface area contributed by atoms with Gasteiger partial charge in [0, 0.05) is 23.6 Å². The summed E-state index contributed by atoms with van der Waals surface area (Å²) < 4.78 is 3.74. The molecule has 0 atom stereocenters. The average Bonchev–Trinajstić information content (AvgIpc) is 2.44. The zero-order valence-electron chi connectivity index (χ0n) is 10.2. The third-order valence-corrected chi connectivity index (χ3v) is 2.65. The monoisotopic (exact) mass is 258 g/mol. The molecule has 0 amide bonds. The summed E-state index contributed by atoms with van der Waals surface area (Å²) in [6.07, 6.45) is 14.5. The Morgan fingerprint density at radius 1 is 1.26 bits per heavy atom. The van der Waals surface area contributed by atoms with Crippen molar-refractivity contribution in [3.63, 3.8) is 0 Å². The molecular formula is C13H14N4O2+2. The molecule has 1 aliphatic heterocycles. The highest BCUT2D eigenvalue weighted by atomic mass is 16.4. The maximum atomic E-state index is 10.2. The van der Waals surface area contributed by atoms with Crippen LogP contribution in [0.15, 0.2) is 59.4 Å². The Balaban J connectivity index is 2.08. The molecule has 0 radical (unpaired) electrons. The molecule has 0 saturated heterocycles. The Morgan fingerprint density at radius 2 is 1.95 bits per heavy atom. The molecular weight excluding hydrogens is 244 g/mol. The lowest BCUT2D eigenvalue weighted by Crippen LogP contribution is -2.36. The van der Waals surface area contributed by atoms with Crippen LogP contribution in [0.2, 0.25) is 0 Å². The predicted octanol–water partition coefficient (Wildman–Crippen LogP) is 1.09. The van der Waals surface area contributed by atoms with Crippen molar-refractivity contribution in [3.8, 4) is 0 Å². The normalized spacial score (nSPS) is 17.9. The first-order valence-corrected chi connectivity index (χ1v) is 5.78. The topological polar surface area (TPSA) is 68.9 Å². The first kappa shape index (κ1) is 12.8. The lowest BCUT2D eigenvalue weighted by molar-refractivity contribution is -0.594. The molecule has 1 aliphatic rings. The van der Waals surface area contributed by atoms with Gasteiger partial charge in [0.1, 0.15) is 0 Å². The first-order valence-electron chi connectivity index (χ1n) is 5.78. The summed E-state index contributed by atoms with van der Waals surface area (Å²) in [5, 5.41) is 14.3. The quantitative estimate of drug-likeness (QED) is 0.219. The molecule has 0 spiro atoms. The molecule has 6 heteroatoms. The highest BCUT2D eigenvalue weighted by Gasteiger charge is 2.11. The number of pyridine rings is 1. The molecule has 1 aromatic heterocycles. The van der Waals surface area contributed by atoms with Crippen molar-refractivity contribution in [1.82, 2.24) is 0 Å². The van der Waals surface area contributed by atoms with E-state index >= 15 is 0 Å². The Hall–Kier alpha value is -2.63. The van der Waals surface area contributed by atoms with Crippen LogP contribution in [0.5, 0.6) is 0 Å². The average molecular weight is 258 g/mol. The highest BCUT2D eigenvalue weighted by molar-refractivity contribution is 5.78. The zero-order valence-corrected chi connectivity index (χ0v) is 10.2. The number of rotatable bonds is 4. The van der Waals surface area contributed by atoms with Crippen molar-refractivity contribution in [1.29, 1.82) is 0 Å². The minimum absolute atomic E-state index is 0.0790. The van der Waals surface area contributed by atoms with Crippen molar-refractivity contribution in [2.24, 2.45) is 16.3 Å². The molecule has 0 aromatic carbocycles. The van der Waals surface area contributed by atoms with Gasteiger partial charge in [-0.1, -0.05) is 10.3 Å². The Bertz CT molecular complexity index is 543. The molecule has 2 heterocycles. The lowest BCUT2D eigenvalue weighted by Gasteiger charge is -2.01. The number of nitroso groups, excluding NO2 is 1. The standard InChI is InChI=1S/C13H13N4O2/c18-14-9-12-1-5-16(6-2-12)11-17-7-3-13(4-8-17)10-15-19/h1-9,11,13H,10H2/q+1/p+1. The molecule has 6 nitrogen and oxygen atoms in total. The first-order chi connectivity index (χ1) is 9.31. The molecule has 0 saturated carbocycles. The van der Waals surface area contributed by atoms with Crippen LogP contribution < -0.4 is 4.57 Å². The summed E-state index contributed by atoms with van der Waals surface area (Å²) in [4.78, 5) is 10.2. The molecule has 96 valence electrons. The van der Waals surface area contributed by atoms with Crippen LogP contribution in [-0.2, 0) is 0 Å². The van der Waals surface area contributed by atoms with Gasteiger partial charge in [0.25, 0.3) is 0 Å². The van der Waals surface area contributed by atoms with Gasteiger partial charge in [0.15, 0.2) is 24.8 Å². The largest absolute Gasteiger partial charge is 0.417 e. The van der Waals surface area contributed by atoms with E-state index in [2.05, 4.69) is 10.3 Å². The van der Waals surface area contributed by atoms with E-state index in [1.165, 1.54) is 6.21 Å². The molecule has 0 unspecified atom stereocenters. The van der Waals surface area contributed by atoms with Gasteiger partial charge in [0.2, 0.25) is 0 Å². The van der Waals surface area contributed by atoms with Crippen LogP contribution in [0, 0.1) is 10.8 Å². The van der Waals surface area contributed by atoms with Crippen molar-refractivity contribution in [2.45, 2.75) is 0 Å². The number of hydrogen-bond donors (Lipinski definition) is 1. The smallest absolute Gasteiger partial charge is 0.411 e. The van der Waals surface area contributed by atoms with Crippen molar-refractivity contribution < 1.29 is 14.3 Å². The number of oxime groups is 1. The molecule has 0 fully saturated rings. The van der Waals surface area contributed by atoms with Gasteiger partial charge < -0.3 is 5.21 Å². The summed E-state index contributed by atoms with van der Waals surface area (Å²) >= 11 is 0. The van der Waals surface area contributed by atoms with Gasteiger partial charge in [-0.25, -0.2) is 0 Å². The summed E-state index contributed by atoms with van der Waals surface area (Å²) in [6.45, 7) is 0.267. The van der Waals surface area contributed by atoms with Crippen LogP contribution in [0.4, 0.5) is 0 Å². The van der Waals surface area contributed by atoms with E-state index in [1.807, 2.05) is 64.6 Å². The Morgan fingerprint density at radius 3 is 2.53 bits per heavy atom. The second kappa shape index (κ2) is 6.34. The minimum Gasteiger partial charge on any atom is -0.411 e. The maximum absolute atomic E-state index is 10.2. The van der Waals surface area contributed by atoms with Crippen LogP contribution in [0.1, 0.15) is 5.56 Å². The Labute approximate surface area is 110 Å². The van der Waals surface area contributed by atoms with Crippen molar-refractivity contribution >= 4 is 12.6 Å². The lowest BCUT2D eigenvalue weighted by atomic mass is 10.1. The van der Waals surface area contributed by atoms with Gasteiger partial charge in [-0.15, -0.1) is 9.14 Å². The Kier molecular flexibility index (Phi) is 4.28. The van der Waals surface area contributed by atoms with Crippen LogP contribution in [0.3, 0.4) is 0 Å². The van der Waals surface area contributed by atoms with Gasteiger partial charge in [-0.3, -0.25) is 0 Å². The van der Waals surface area contributed by atoms with E-state index in [-0.39, 0.29) is 12.5 Å². The molecule has 2 rings (SSSR count). The number of hydrogen-bond acceptors (Lipinski definition) is 4. The SMILES string of the molecule is O=NCC1C=C[N+](=C[n+]2ccc(C=NO)cc2)C=C1. The van der Waals surface area contributed by atoms with E-state index in [0.29, 0.717) is 0 Å². The van der Waals surface area contributed by atoms with E-state index in [4.69, 9.17) is 5.21 Å². The molecule has 19 heavy (non-hydrogen) atoms. The number of nitrogens with zero attached hydrogens (tertiary/aromatic N) is 4. The van der Waals surface area contributed by atoms with Crippen LogP contribution >= 0.6 is 0 Å². The molecule has 1 N–H and O–H groups in total. The molecule has 0 aliphatic carbocycles. The fourth-order valence-electron chi connectivity index (χ4n) is 1.65. The fraction of sp³-hybridized carbons (Fsp3) is 0.154. The number of aromatic nitrogens is 1. The second-order valence-corrected chi connectivity index (χ2v) is 4.04. The van der Waals surface area contributed by atoms with Gasteiger partial charge in [0.05, 0.1) is 12.8 Å². The summed E-state index contributed by atoms with van der Waals surface area (Å²) in [6, 6.07) is 3.65. The maximum Gasteiger partial charge on any atom is 0.417 e. The van der Waals surface area contributed by atoms with Crippen molar-refractivity contribution in [2.75, 3.05) is 6.54 Å². The summed E-state index contributed by atoms with van der Waals surface area (Å²) in [7, 11) is 0. The highest BCUT2D eigenvalue weighted by Crippen LogP contribution is 2.06. The van der Waals surface area contributed by atoms with Gasteiger partial charge >= 0.3 is 6.34 Å². The fourth-order valence-corrected chi connectivity index (χ4v) is 1.65. The van der Waals surface area contributed by atoms with E-state index in [0.717, 1.165) is 5.56 Å². The van der Waals surface area contributed by atoms with Gasteiger partial charge in [-0.05, 0) is 12.2 Å². The van der Waals surface area contributed by atoms with Crippen LogP contribution in [0.25, 0.3) is 0 Å². The van der Waals surface area contributed by atoms with Crippen molar-refractivity contribution in [3.05, 3.63) is 59.5 Å². The third kappa shape index (κ3) is 3.67. The molecule has 0 bridgehead atoms. The third-order valence-electron chi connectivity index (χ3n) is 2.65. The van der Waals surface area contributed by atoms with E-state index in [1.54, 1.807) is 0 Å². The van der Waals surface area contributed by atoms with Crippen LogP contribution in [-0.4, -0.2) is 28.9 Å². The minimum atomic E-state index is 0.0790. The predicted molar refractivity (Wildman–Crippen MR) is 70.2 cm³/mol. The second-order valence-electron chi connectivity index (χ2n) is 4.04. The van der Waals surface area contributed by atoms with E-state index in [9.17, 15) is 4.91 Å². The zero-order chi connectivity index (χ0) is 13.5. The van der Waals surface area contributed by atoms with E-state index < -0.39 is 0 Å². The summed E-state index contributed by atoms with van der Waals surface area (Å²) in [5.41, 5.74) is 0.814. The summed E-state index contributed by atoms with van der Waals surface area (Å²) in [5.74, 6) is 0.0790.